The standard InChI is InChI=1S/C12H16FN3O3S/c1-10(17)14-16-7-3-6-15(20(16,18)19)9-11-4-2-5-12(13)8-11/h2,4-5,8H,3,6-7,9H2,1H3,(H,14,17). The number of halogens is 1. The third-order valence-corrected chi connectivity index (χ3v) is 4.70. The van der Waals surface area contributed by atoms with Crippen molar-refractivity contribution in [3.63, 3.8) is 0 Å². The van der Waals surface area contributed by atoms with Crippen LogP contribution in [0.4, 0.5) is 4.39 Å². The van der Waals surface area contributed by atoms with Crippen LogP contribution in [0.1, 0.15) is 18.9 Å². The van der Waals surface area contributed by atoms with Gasteiger partial charge in [0, 0.05) is 26.6 Å². The van der Waals surface area contributed by atoms with Crippen LogP contribution < -0.4 is 5.43 Å². The molecule has 1 amide bonds. The van der Waals surface area contributed by atoms with Gasteiger partial charge in [-0.15, -0.1) is 4.41 Å². The fourth-order valence-electron chi connectivity index (χ4n) is 2.05. The Hall–Kier alpha value is -1.51. The first-order valence-electron chi connectivity index (χ1n) is 6.19. The average molecular weight is 301 g/mol. The summed E-state index contributed by atoms with van der Waals surface area (Å²) in [5.74, 6) is -0.850. The molecular weight excluding hydrogens is 285 g/mol. The zero-order chi connectivity index (χ0) is 14.8. The van der Waals surface area contributed by atoms with E-state index in [4.69, 9.17) is 0 Å². The first-order valence-corrected chi connectivity index (χ1v) is 7.59. The summed E-state index contributed by atoms with van der Waals surface area (Å²) in [6, 6.07) is 5.80. The summed E-state index contributed by atoms with van der Waals surface area (Å²) < 4.78 is 39.8. The molecule has 0 atom stereocenters. The number of hydrazine groups is 1. The molecule has 1 aromatic rings. The lowest BCUT2D eigenvalue weighted by molar-refractivity contribution is -0.122. The molecular formula is C12H16FN3O3S. The van der Waals surface area contributed by atoms with Gasteiger partial charge in [0.2, 0.25) is 5.91 Å². The lowest BCUT2D eigenvalue weighted by Gasteiger charge is -2.34. The van der Waals surface area contributed by atoms with E-state index in [1.807, 2.05) is 0 Å². The predicted octanol–water partition coefficient (Wildman–Crippen LogP) is 0.629. The number of benzene rings is 1. The van der Waals surface area contributed by atoms with Gasteiger partial charge in [-0.3, -0.25) is 10.2 Å². The second-order valence-electron chi connectivity index (χ2n) is 4.56. The molecule has 0 radical (unpaired) electrons. The van der Waals surface area contributed by atoms with Gasteiger partial charge in [-0.05, 0) is 24.1 Å². The summed E-state index contributed by atoms with van der Waals surface area (Å²) in [5.41, 5.74) is 2.86. The molecule has 110 valence electrons. The van der Waals surface area contributed by atoms with Gasteiger partial charge in [0.15, 0.2) is 0 Å². The molecule has 0 unspecified atom stereocenters. The fourth-order valence-corrected chi connectivity index (χ4v) is 3.60. The van der Waals surface area contributed by atoms with Crippen LogP contribution in [0.25, 0.3) is 0 Å². The maximum atomic E-state index is 13.1. The largest absolute Gasteiger partial charge is 0.299 e. The highest BCUT2D eigenvalue weighted by atomic mass is 32.2. The minimum atomic E-state index is -3.76. The molecule has 6 nitrogen and oxygen atoms in total. The van der Waals surface area contributed by atoms with Crippen LogP contribution in [0.2, 0.25) is 0 Å². The Balaban J connectivity index is 2.17. The summed E-state index contributed by atoms with van der Waals surface area (Å²) in [6.07, 6.45) is 0.592. The lowest BCUT2D eigenvalue weighted by atomic mass is 10.2. The first-order chi connectivity index (χ1) is 9.39. The molecule has 1 saturated heterocycles. The number of carbonyl (C=O) groups is 1. The second-order valence-corrected chi connectivity index (χ2v) is 6.42. The third kappa shape index (κ3) is 3.33. The van der Waals surface area contributed by atoms with Crippen LogP contribution in [0, 0.1) is 5.82 Å². The summed E-state index contributed by atoms with van der Waals surface area (Å²) in [5, 5.41) is 0. The number of carbonyl (C=O) groups excluding carboxylic acids is 1. The van der Waals surface area contributed by atoms with Crippen molar-refractivity contribution in [1.29, 1.82) is 0 Å². The van der Waals surface area contributed by atoms with E-state index in [-0.39, 0.29) is 13.1 Å². The summed E-state index contributed by atoms with van der Waals surface area (Å²) in [6.45, 7) is 1.91. The molecule has 0 aromatic heterocycles. The summed E-state index contributed by atoms with van der Waals surface area (Å²) in [7, 11) is -3.76. The number of hydrogen-bond acceptors (Lipinski definition) is 3. The molecule has 0 bridgehead atoms. The van der Waals surface area contributed by atoms with Crippen LogP contribution >= 0.6 is 0 Å². The van der Waals surface area contributed by atoms with E-state index in [1.165, 1.54) is 29.4 Å². The Morgan fingerprint density at radius 2 is 2.15 bits per heavy atom. The van der Waals surface area contributed by atoms with Crippen LogP contribution in [0.5, 0.6) is 0 Å². The van der Waals surface area contributed by atoms with Crippen LogP contribution in [0.3, 0.4) is 0 Å². The van der Waals surface area contributed by atoms with E-state index in [0.717, 1.165) is 4.41 Å². The van der Waals surface area contributed by atoms with E-state index in [0.29, 0.717) is 18.5 Å². The van der Waals surface area contributed by atoms with E-state index >= 15 is 0 Å². The molecule has 1 heterocycles. The van der Waals surface area contributed by atoms with E-state index in [1.54, 1.807) is 6.07 Å². The number of amides is 1. The van der Waals surface area contributed by atoms with Gasteiger partial charge in [-0.25, -0.2) is 4.39 Å². The highest BCUT2D eigenvalue weighted by Crippen LogP contribution is 2.18. The molecule has 1 aliphatic rings. The topological polar surface area (TPSA) is 69.7 Å². The third-order valence-electron chi connectivity index (χ3n) is 2.90. The van der Waals surface area contributed by atoms with Crippen molar-refractivity contribution >= 4 is 16.1 Å². The normalized spacial score (nSPS) is 19.7. The zero-order valence-corrected chi connectivity index (χ0v) is 11.9. The van der Waals surface area contributed by atoms with Crippen molar-refractivity contribution in [3.05, 3.63) is 35.6 Å². The SMILES string of the molecule is CC(=O)NN1CCCN(Cc2cccc(F)c2)S1(=O)=O. The number of nitrogens with one attached hydrogen (secondary N) is 1. The predicted molar refractivity (Wildman–Crippen MR) is 70.9 cm³/mol. The monoisotopic (exact) mass is 301 g/mol. The zero-order valence-electron chi connectivity index (χ0n) is 11.0. The molecule has 2 rings (SSSR count). The Kier molecular flexibility index (Phi) is 4.36. The van der Waals surface area contributed by atoms with Gasteiger partial charge in [0.05, 0.1) is 0 Å². The number of rotatable bonds is 3. The van der Waals surface area contributed by atoms with E-state index in [2.05, 4.69) is 5.43 Å². The van der Waals surface area contributed by atoms with Crippen LogP contribution in [0.15, 0.2) is 24.3 Å². The summed E-state index contributed by atoms with van der Waals surface area (Å²) in [4.78, 5) is 11.0. The van der Waals surface area contributed by atoms with Crippen LogP contribution in [-0.2, 0) is 21.5 Å². The Labute approximate surface area is 117 Å². The molecule has 1 fully saturated rings. The van der Waals surface area contributed by atoms with Crippen LogP contribution in [-0.4, -0.2) is 36.1 Å². The van der Waals surface area contributed by atoms with Crippen molar-refractivity contribution < 1.29 is 17.6 Å². The number of hydrogen-bond donors (Lipinski definition) is 1. The Morgan fingerprint density at radius 3 is 2.80 bits per heavy atom. The van der Waals surface area contributed by atoms with Gasteiger partial charge in [-0.1, -0.05) is 12.1 Å². The minimum absolute atomic E-state index is 0.0795. The molecule has 1 N–H and O–H groups in total. The van der Waals surface area contributed by atoms with E-state index < -0.39 is 21.9 Å². The minimum Gasteiger partial charge on any atom is -0.275 e. The lowest BCUT2D eigenvalue weighted by Crippen LogP contribution is -2.55. The van der Waals surface area contributed by atoms with Crippen molar-refractivity contribution in [2.24, 2.45) is 0 Å². The van der Waals surface area contributed by atoms with Crippen molar-refractivity contribution in [3.8, 4) is 0 Å². The molecule has 0 spiro atoms. The molecule has 20 heavy (non-hydrogen) atoms. The number of nitrogens with zero attached hydrogens (tertiary/aromatic N) is 2. The Morgan fingerprint density at radius 1 is 1.40 bits per heavy atom. The highest BCUT2D eigenvalue weighted by molar-refractivity contribution is 7.86. The van der Waals surface area contributed by atoms with E-state index in [9.17, 15) is 17.6 Å². The first kappa shape index (κ1) is 14.9. The second kappa shape index (κ2) is 5.86. The average Bonchev–Trinajstić information content (AvgIpc) is 2.34. The van der Waals surface area contributed by atoms with Crippen molar-refractivity contribution in [1.82, 2.24) is 14.1 Å². The summed E-state index contributed by atoms with van der Waals surface area (Å²) >= 11 is 0. The molecule has 0 aliphatic carbocycles. The molecule has 1 aliphatic heterocycles. The smallest absolute Gasteiger partial charge is 0.275 e. The van der Waals surface area contributed by atoms with Crippen molar-refractivity contribution in [2.75, 3.05) is 13.1 Å². The van der Waals surface area contributed by atoms with Crippen molar-refractivity contribution in [2.45, 2.75) is 19.9 Å². The van der Waals surface area contributed by atoms with Gasteiger partial charge < -0.3 is 0 Å². The molecule has 0 saturated carbocycles. The van der Waals surface area contributed by atoms with Gasteiger partial charge in [0.1, 0.15) is 5.82 Å². The molecule has 8 heteroatoms. The Bertz CT molecular complexity index is 606. The van der Waals surface area contributed by atoms with Gasteiger partial charge >= 0.3 is 0 Å². The molecule has 1 aromatic carbocycles. The van der Waals surface area contributed by atoms with Gasteiger partial charge in [-0.2, -0.15) is 12.7 Å². The fraction of sp³-hybridized carbons (Fsp3) is 0.417. The quantitative estimate of drug-likeness (QED) is 0.890. The van der Waals surface area contributed by atoms with Gasteiger partial charge in [0.25, 0.3) is 10.2 Å². The highest BCUT2D eigenvalue weighted by Gasteiger charge is 2.34. The maximum absolute atomic E-state index is 13.1. The maximum Gasteiger partial charge on any atom is 0.299 e.